The second-order valence-electron chi connectivity index (χ2n) is 7.87. The molecule has 0 radical (unpaired) electrons. The first-order valence-electron chi connectivity index (χ1n) is 10.3. The predicted molar refractivity (Wildman–Crippen MR) is 107 cm³/mol. The van der Waals surface area contributed by atoms with Crippen molar-refractivity contribution < 1.29 is 9.53 Å². The minimum absolute atomic E-state index is 0.0152. The molecular weight excluding hydrogens is 372 g/mol. The lowest BCUT2D eigenvalue weighted by molar-refractivity contribution is 0.0519. The van der Waals surface area contributed by atoms with Crippen LogP contribution in [-0.4, -0.2) is 62.8 Å². The fourth-order valence-corrected chi connectivity index (χ4v) is 4.15. The molecule has 1 saturated carbocycles. The normalized spacial score (nSPS) is 22.5. The zero-order chi connectivity index (χ0) is 20.4. The maximum Gasteiger partial charge on any atom is 0.317 e. The number of aryl methyl sites for hydroxylation is 2. The molecule has 2 amide bonds. The molecule has 2 aromatic rings. The molecule has 2 fully saturated rings. The van der Waals surface area contributed by atoms with Gasteiger partial charge < -0.3 is 15.0 Å². The Morgan fingerprint density at radius 1 is 1.10 bits per heavy atom. The number of nitrogens with one attached hydrogen (secondary N) is 1. The van der Waals surface area contributed by atoms with Crippen LogP contribution in [0.25, 0.3) is 5.82 Å². The number of amides is 2. The van der Waals surface area contributed by atoms with Gasteiger partial charge in [0.15, 0.2) is 5.82 Å². The Kier molecular flexibility index (Phi) is 5.66. The molecule has 1 aliphatic carbocycles. The van der Waals surface area contributed by atoms with Gasteiger partial charge in [-0.15, -0.1) is 5.10 Å². The van der Waals surface area contributed by atoms with Gasteiger partial charge in [-0.05, 0) is 51.7 Å². The average Bonchev–Trinajstić information content (AvgIpc) is 3.08. The van der Waals surface area contributed by atoms with E-state index in [0.717, 1.165) is 37.1 Å². The number of aromatic nitrogens is 4. The summed E-state index contributed by atoms with van der Waals surface area (Å²) in [6.07, 6.45) is 3.28. The third kappa shape index (κ3) is 4.34. The standard InChI is InChI=1S/C20H28N6O3/c1-14-13-15(2)25(22-14)18-7-8-19(27)26(23-18)17-5-3-16(4-6-17)21-20(28)24-9-11-29-12-10-24/h7-8,13,16-17H,3-6,9-12H2,1-2H3,(H,21,28). The molecule has 0 unspecified atom stereocenters. The molecule has 1 saturated heterocycles. The molecule has 9 nitrogen and oxygen atoms in total. The van der Waals surface area contributed by atoms with Crippen LogP contribution in [-0.2, 0) is 4.74 Å². The zero-order valence-corrected chi connectivity index (χ0v) is 17.0. The number of carbonyl (C=O) groups excluding carboxylic acids is 1. The summed E-state index contributed by atoms with van der Waals surface area (Å²) in [4.78, 5) is 26.6. The lowest BCUT2D eigenvalue weighted by Crippen LogP contribution is -2.50. The number of ether oxygens (including phenoxy) is 1. The third-order valence-corrected chi connectivity index (χ3v) is 5.71. The van der Waals surface area contributed by atoms with Crippen molar-refractivity contribution in [1.82, 2.24) is 29.8 Å². The van der Waals surface area contributed by atoms with Crippen molar-refractivity contribution >= 4 is 6.03 Å². The van der Waals surface area contributed by atoms with Gasteiger partial charge in [0.05, 0.1) is 24.9 Å². The van der Waals surface area contributed by atoms with Crippen molar-refractivity contribution in [2.45, 2.75) is 51.6 Å². The summed E-state index contributed by atoms with van der Waals surface area (Å²) >= 11 is 0. The Bertz CT molecular complexity index is 923. The largest absolute Gasteiger partial charge is 0.378 e. The number of hydrogen-bond acceptors (Lipinski definition) is 5. The van der Waals surface area contributed by atoms with Crippen LogP contribution in [0.3, 0.4) is 0 Å². The quantitative estimate of drug-likeness (QED) is 0.844. The van der Waals surface area contributed by atoms with E-state index in [1.807, 2.05) is 19.9 Å². The minimum Gasteiger partial charge on any atom is -0.378 e. The Morgan fingerprint density at radius 2 is 1.83 bits per heavy atom. The van der Waals surface area contributed by atoms with E-state index in [1.54, 1.807) is 26.4 Å². The van der Waals surface area contributed by atoms with E-state index >= 15 is 0 Å². The second-order valence-corrected chi connectivity index (χ2v) is 7.87. The molecule has 2 aliphatic rings. The number of urea groups is 1. The van der Waals surface area contributed by atoms with Gasteiger partial charge in [0.25, 0.3) is 5.56 Å². The highest BCUT2D eigenvalue weighted by atomic mass is 16.5. The highest BCUT2D eigenvalue weighted by Crippen LogP contribution is 2.27. The molecule has 29 heavy (non-hydrogen) atoms. The lowest BCUT2D eigenvalue weighted by Gasteiger charge is -2.33. The van der Waals surface area contributed by atoms with Crippen LogP contribution in [0.15, 0.2) is 23.0 Å². The summed E-state index contributed by atoms with van der Waals surface area (Å²) in [5, 5.41) is 12.2. The summed E-state index contributed by atoms with van der Waals surface area (Å²) in [7, 11) is 0. The minimum atomic E-state index is -0.101. The summed E-state index contributed by atoms with van der Waals surface area (Å²) in [5.41, 5.74) is 1.80. The maximum atomic E-state index is 12.4. The van der Waals surface area contributed by atoms with E-state index in [-0.39, 0.29) is 23.7 Å². The predicted octanol–water partition coefficient (Wildman–Crippen LogP) is 1.57. The van der Waals surface area contributed by atoms with Gasteiger partial charge in [-0.25, -0.2) is 14.2 Å². The third-order valence-electron chi connectivity index (χ3n) is 5.71. The van der Waals surface area contributed by atoms with E-state index in [1.165, 1.54) is 0 Å². The molecule has 3 heterocycles. The van der Waals surface area contributed by atoms with Gasteiger partial charge in [0.1, 0.15) is 0 Å². The number of carbonyl (C=O) groups is 1. The van der Waals surface area contributed by atoms with Gasteiger partial charge in [-0.1, -0.05) is 0 Å². The highest BCUT2D eigenvalue weighted by molar-refractivity contribution is 5.74. The van der Waals surface area contributed by atoms with Crippen molar-refractivity contribution in [3.8, 4) is 5.82 Å². The number of hydrogen-bond donors (Lipinski definition) is 1. The van der Waals surface area contributed by atoms with Crippen LogP contribution in [0.4, 0.5) is 4.79 Å². The van der Waals surface area contributed by atoms with Crippen LogP contribution in [0.5, 0.6) is 0 Å². The molecular formula is C20H28N6O3. The SMILES string of the molecule is Cc1cc(C)n(-c2ccc(=O)n(C3CCC(NC(=O)N4CCOCC4)CC3)n2)n1. The van der Waals surface area contributed by atoms with Crippen molar-refractivity contribution in [3.05, 3.63) is 39.9 Å². The molecule has 1 N–H and O–H groups in total. The number of morpholine rings is 1. The van der Waals surface area contributed by atoms with Crippen molar-refractivity contribution in [3.63, 3.8) is 0 Å². The van der Waals surface area contributed by atoms with E-state index in [4.69, 9.17) is 4.74 Å². The van der Waals surface area contributed by atoms with Crippen LogP contribution in [0.1, 0.15) is 43.1 Å². The van der Waals surface area contributed by atoms with Crippen LogP contribution < -0.4 is 10.9 Å². The average molecular weight is 400 g/mol. The summed E-state index contributed by atoms with van der Waals surface area (Å²) in [5.74, 6) is 0.651. The van der Waals surface area contributed by atoms with Gasteiger partial charge >= 0.3 is 6.03 Å². The first kappa shape index (κ1) is 19.6. The molecule has 0 atom stereocenters. The van der Waals surface area contributed by atoms with Gasteiger partial charge in [0.2, 0.25) is 0 Å². The Balaban J connectivity index is 1.40. The smallest absolute Gasteiger partial charge is 0.317 e. The monoisotopic (exact) mass is 400 g/mol. The van der Waals surface area contributed by atoms with Crippen LogP contribution >= 0.6 is 0 Å². The maximum absolute atomic E-state index is 12.4. The molecule has 9 heteroatoms. The molecule has 156 valence electrons. The molecule has 4 rings (SSSR count). The van der Waals surface area contributed by atoms with Crippen molar-refractivity contribution in [2.24, 2.45) is 0 Å². The number of nitrogens with zero attached hydrogens (tertiary/aromatic N) is 5. The molecule has 2 aromatic heterocycles. The highest BCUT2D eigenvalue weighted by Gasteiger charge is 2.27. The fourth-order valence-electron chi connectivity index (χ4n) is 4.15. The van der Waals surface area contributed by atoms with E-state index in [9.17, 15) is 9.59 Å². The van der Waals surface area contributed by atoms with Gasteiger partial charge in [0, 0.05) is 30.9 Å². The molecule has 1 aliphatic heterocycles. The molecule has 0 aromatic carbocycles. The van der Waals surface area contributed by atoms with Gasteiger partial charge in [-0.3, -0.25) is 4.79 Å². The molecule has 0 bridgehead atoms. The summed E-state index contributed by atoms with van der Waals surface area (Å²) in [6.45, 7) is 6.38. The first-order valence-corrected chi connectivity index (χ1v) is 10.3. The van der Waals surface area contributed by atoms with Crippen LogP contribution in [0, 0.1) is 13.8 Å². The lowest BCUT2D eigenvalue weighted by atomic mass is 9.91. The first-order chi connectivity index (χ1) is 14.0. The summed E-state index contributed by atoms with van der Waals surface area (Å²) in [6, 6.07) is 5.42. The van der Waals surface area contributed by atoms with E-state index in [2.05, 4.69) is 15.5 Å². The zero-order valence-electron chi connectivity index (χ0n) is 17.0. The Labute approximate surface area is 169 Å². The van der Waals surface area contributed by atoms with Gasteiger partial charge in [-0.2, -0.15) is 5.10 Å². The second kappa shape index (κ2) is 8.36. The Hall–Kier alpha value is -2.68. The van der Waals surface area contributed by atoms with Crippen molar-refractivity contribution in [2.75, 3.05) is 26.3 Å². The van der Waals surface area contributed by atoms with Crippen molar-refractivity contribution in [1.29, 1.82) is 0 Å². The Morgan fingerprint density at radius 3 is 2.48 bits per heavy atom. The summed E-state index contributed by atoms with van der Waals surface area (Å²) < 4.78 is 8.65. The molecule has 0 spiro atoms. The van der Waals surface area contributed by atoms with E-state index in [0.29, 0.717) is 32.1 Å². The topological polar surface area (TPSA) is 94.3 Å². The fraction of sp³-hybridized carbons (Fsp3) is 0.600. The van der Waals surface area contributed by atoms with Crippen LogP contribution in [0.2, 0.25) is 0 Å². The number of rotatable bonds is 3. The van der Waals surface area contributed by atoms with E-state index < -0.39 is 0 Å².